The Morgan fingerprint density at radius 2 is 1.87 bits per heavy atom. The zero-order valence-electron chi connectivity index (χ0n) is 10.6. The molecule has 0 aromatic heterocycles. The molecule has 1 fully saturated rings. The van der Waals surface area contributed by atoms with Crippen molar-refractivity contribution in [3.8, 4) is 0 Å². The molecule has 3 heteroatoms. The van der Waals surface area contributed by atoms with Crippen molar-refractivity contribution in [3.05, 3.63) is 12.2 Å². The normalized spacial score (nSPS) is 29.3. The van der Waals surface area contributed by atoms with Crippen LogP contribution in [0.4, 0.5) is 0 Å². The van der Waals surface area contributed by atoms with E-state index >= 15 is 0 Å². The van der Waals surface area contributed by atoms with E-state index in [-0.39, 0.29) is 0 Å². The van der Waals surface area contributed by atoms with Crippen molar-refractivity contribution in [3.63, 3.8) is 0 Å². The molecule has 3 nitrogen and oxygen atoms in total. The van der Waals surface area contributed by atoms with Gasteiger partial charge >= 0.3 is 0 Å². The van der Waals surface area contributed by atoms with Crippen LogP contribution in [0.1, 0.15) is 13.8 Å². The van der Waals surface area contributed by atoms with Gasteiger partial charge in [-0.2, -0.15) is 0 Å². The van der Waals surface area contributed by atoms with Crippen molar-refractivity contribution in [2.24, 2.45) is 0 Å². The van der Waals surface area contributed by atoms with Gasteiger partial charge in [0.05, 0.1) is 0 Å². The van der Waals surface area contributed by atoms with E-state index in [2.05, 4.69) is 42.6 Å². The Bertz CT molecular complexity index is 203. The first-order valence-corrected chi connectivity index (χ1v) is 5.80. The van der Waals surface area contributed by atoms with Crippen molar-refractivity contribution in [1.82, 2.24) is 15.1 Å². The summed E-state index contributed by atoms with van der Waals surface area (Å²) >= 11 is 0. The van der Waals surface area contributed by atoms with Crippen LogP contribution < -0.4 is 5.32 Å². The Balaban J connectivity index is 2.41. The molecule has 1 rings (SSSR count). The third kappa shape index (κ3) is 3.59. The molecule has 15 heavy (non-hydrogen) atoms. The molecule has 1 N–H and O–H groups in total. The maximum absolute atomic E-state index is 4.09. The number of hydrogen-bond donors (Lipinski definition) is 1. The third-order valence-electron chi connectivity index (χ3n) is 3.31. The molecule has 0 aromatic rings. The van der Waals surface area contributed by atoms with E-state index in [0.717, 1.165) is 26.2 Å². The van der Waals surface area contributed by atoms with Gasteiger partial charge in [0.1, 0.15) is 0 Å². The predicted molar refractivity (Wildman–Crippen MR) is 66.2 cm³/mol. The summed E-state index contributed by atoms with van der Waals surface area (Å²) in [7, 11) is 4.19. The number of rotatable bonds is 4. The minimum Gasteiger partial charge on any atom is -0.316 e. The van der Waals surface area contributed by atoms with Crippen LogP contribution in [0.25, 0.3) is 0 Å². The average molecular weight is 211 g/mol. The second-order valence-corrected chi connectivity index (χ2v) is 4.84. The van der Waals surface area contributed by atoms with Crippen LogP contribution in [0.5, 0.6) is 0 Å². The number of piperazine rings is 1. The summed E-state index contributed by atoms with van der Waals surface area (Å²) in [5, 5.41) is 3.15. The Morgan fingerprint density at radius 1 is 1.33 bits per heavy atom. The highest BCUT2D eigenvalue weighted by molar-refractivity contribution is 5.01. The molecule has 0 radical (unpaired) electrons. The molecule has 1 heterocycles. The molecule has 0 bridgehead atoms. The predicted octanol–water partition coefficient (Wildman–Crippen LogP) is 0.786. The van der Waals surface area contributed by atoms with Gasteiger partial charge in [0.2, 0.25) is 0 Å². The van der Waals surface area contributed by atoms with Gasteiger partial charge < -0.3 is 5.32 Å². The summed E-state index contributed by atoms with van der Waals surface area (Å²) in [5.41, 5.74) is 1.28. The molecule has 1 aliphatic rings. The quantitative estimate of drug-likeness (QED) is 0.694. The van der Waals surface area contributed by atoms with Gasteiger partial charge in [-0.3, -0.25) is 9.80 Å². The Morgan fingerprint density at radius 3 is 2.33 bits per heavy atom. The fourth-order valence-corrected chi connectivity index (χ4v) is 2.27. The van der Waals surface area contributed by atoms with Crippen LogP contribution in [0.3, 0.4) is 0 Å². The van der Waals surface area contributed by atoms with E-state index in [0.29, 0.717) is 12.1 Å². The first-order valence-electron chi connectivity index (χ1n) is 5.80. The van der Waals surface area contributed by atoms with Crippen LogP contribution in [0.15, 0.2) is 12.2 Å². The summed E-state index contributed by atoms with van der Waals surface area (Å²) in [6.07, 6.45) is 0. The van der Waals surface area contributed by atoms with Gasteiger partial charge in [0.25, 0.3) is 0 Å². The summed E-state index contributed by atoms with van der Waals surface area (Å²) in [5.74, 6) is 0. The SMILES string of the molecule is C=C(CNC)CN1CC(C)N(C)C(C)C1. The number of likely N-dealkylation sites (N-methyl/N-ethyl adjacent to an activating group) is 2. The monoisotopic (exact) mass is 211 g/mol. The Labute approximate surface area is 94.1 Å². The van der Waals surface area contributed by atoms with Crippen LogP contribution in [-0.4, -0.2) is 62.2 Å². The highest BCUT2D eigenvalue weighted by Gasteiger charge is 2.26. The van der Waals surface area contributed by atoms with Crippen molar-refractivity contribution < 1.29 is 0 Å². The largest absolute Gasteiger partial charge is 0.316 e. The lowest BCUT2D eigenvalue weighted by atomic mass is 10.1. The van der Waals surface area contributed by atoms with E-state index < -0.39 is 0 Å². The van der Waals surface area contributed by atoms with Crippen LogP contribution in [0.2, 0.25) is 0 Å². The van der Waals surface area contributed by atoms with E-state index in [1.54, 1.807) is 0 Å². The fraction of sp³-hybridized carbons (Fsp3) is 0.833. The smallest absolute Gasteiger partial charge is 0.0204 e. The van der Waals surface area contributed by atoms with Gasteiger partial charge in [-0.05, 0) is 33.5 Å². The lowest BCUT2D eigenvalue weighted by molar-refractivity contribution is 0.0656. The van der Waals surface area contributed by atoms with Gasteiger partial charge in [-0.15, -0.1) is 0 Å². The van der Waals surface area contributed by atoms with Gasteiger partial charge in [-0.25, -0.2) is 0 Å². The number of hydrogen-bond acceptors (Lipinski definition) is 3. The van der Waals surface area contributed by atoms with Gasteiger partial charge in [0.15, 0.2) is 0 Å². The van der Waals surface area contributed by atoms with Crippen LogP contribution in [0, 0.1) is 0 Å². The van der Waals surface area contributed by atoms with E-state index in [1.165, 1.54) is 5.57 Å². The average Bonchev–Trinajstić information content (AvgIpc) is 2.14. The minimum absolute atomic E-state index is 0.649. The second kappa shape index (κ2) is 5.64. The molecule has 2 unspecified atom stereocenters. The van der Waals surface area contributed by atoms with Gasteiger partial charge in [0, 0.05) is 38.3 Å². The molecule has 0 spiro atoms. The number of nitrogens with zero attached hydrogens (tertiary/aromatic N) is 2. The van der Waals surface area contributed by atoms with E-state index in [1.807, 2.05) is 7.05 Å². The molecule has 88 valence electrons. The maximum Gasteiger partial charge on any atom is 0.0204 e. The van der Waals surface area contributed by atoms with Crippen LogP contribution in [-0.2, 0) is 0 Å². The highest BCUT2D eigenvalue weighted by Crippen LogP contribution is 2.13. The van der Waals surface area contributed by atoms with Crippen molar-refractivity contribution in [2.75, 3.05) is 40.3 Å². The van der Waals surface area contributed by atoms with Crippen molar-refractivity contribution in [2.45, 2.75) is 25.9 Å². The van der Waals surface area contributed by atoms with Crippen molar-refractivity contribution >= 4 is 0 Å². The topological polar surface area (TPSA) is 18.5 Å². The Kier molecular flexibility index (Phi) is 4.77. The zero-order chi connectivity index (χ0) is 11.4. The van der Waals surface area contributed by atoms with E-state index in [4.69, 9.17) is 0 Å². The van der Waals surface area contributed by atoms with E-state index in [9.17, 15) is 0 Å². The molecule has 0 aliphatic carbocycles. The lowest BCUT2D eigenvalue weighted by Crippen LogP contribution is -2.55. The Hall–Kier alpha value is -0.380. The zero-order valence-corrected chi connectivity index (χ0v) is 10.6. The molecule has 0 amide bonds. The molecule has 1 aliphatic heterocycles. The molecule has 0 saturated carbocycles. The molecule has 1 saturated heterocycles. The fourth-order valence-electron chi connectivity index (χ4n) is 2.27. The first kappa shape index (κ1) is 12.7. The number of nitrogens with one attached hydrogen (secondary N) is 1. The summed E-state index contributed by atoms with van der Waals surface area (Å²) < 4.78 is 0. The molecular formula is C12H25N3. The maximum atomic E-state index is 4.09. The standard InChI is InChI=1S/C12H25N3/c1-10(6-13-4)7-15-8-11(2)14(5)12(3)9-15/h11-13H,1,6-9H2,2-5H3. The molecule has 2 atom stereocenters. The molecule has 0 aromatic carbocycles. The minimum atomic E-state index is 0.649. The second-order valence-electron chi connectivity index (χ2n) is 4.84. The molecular weight excluding hydrogens is 186 g/mol. The van der Waals surface area contributed by atoms with Gasteiger partial charge in [-0.1, -0.05) is 6.58 Å². The van der Waals surface area contributed by atoms with Crippen LogP contribution >= 0.6 is 0 Å². The summed E-state index contributed by atoms with van der Waals surface area (Å²) in [6, 6.07) is 1.30. The summed E-state index contributed by atoms with van der Waals surface area (Å²) in [4.78, 5) is 4.96. The first-order chi connectivity index (χ1) is 7.04. The van der Waals surface area contributed by atoms with Crippen molar-refractivity contribution in [1.29, 1.82) is 0 Å². The lowest BCUT2D eigenvalue weighted by Gasteiger charge is -2.42. The third-order valence-corrected chi connectivity index (χ3v) is 3.31. The highest BCUT2D eigenvalue weighted by atomic mass is 15.3. The summed E-state index contributed by atoms with van der Waals surface area (Å²) in [6.45, 7) is 12.9.